The minimum atomic E-state index is -0.647. The zero-order chi connectivity index (χ0) is 19.6. The van der Waals surface area contributed by atoms with Crippen LogP contribution in [0.25, 0.3) is 11.0 Å². The first-order valence-corrected chi connectivity index (χ1v) is 8.26. The summed E-state index contributed by atoms with van der Waals surface area (Å²) in [5.74, 6) is -0.587. The number of methoxy groups -OCH3 is 1. The van der Waals surface area contributed by atoms with Gasteiger partial charge >= 0.3 is 5.91 Å². The van der Waals surface area contributed by atoms with Crippen LogP contribution in [0.15, 0.2) is 50.4 Å². The molecule has 0 saturated heterocycles. The van der Waals surface area contributed by atoms with Crippen LogP contribution in [-0.4, -0.2) is 29.3 Å². The van der Waals surface area contributed by atoms with Crippen LogP contribution < -0.4 is 10.2 Å². The van der Waals surface area contributed by atoms with Crippen LogP contribution in [0.5, 0.6) is 11.5 Å². The molecule has 0 fully saturated rings. The van der Waals surface area contributed by atoms with Gasteiger partial charge in [0.25, 0.3) is 5.69 Å². The number of aromatic hydroxyl groups is 1. The van der Waals surface area contributed by atoms with Crippen molar-refractivity contribution < 1.29 is 24.0 Å². The maximum atomic E-state index is 12.1. The fourth-order valence-electron chi connectivity index (χ4n) is 2.32. The summed E-state index contributed by atoms with van der Waals surface area (Å²) in [5, 5.41) is 25.0. The van der Waals surface area contributed by atoms with E-state index in [4.69, 9.17) is 9.15 Å². The highest BCUT2D eigenvalue weighted by molar-refractivity contribution is 9.10. The van der Waals surface area contributed by atoms with Crippen molar-refractivity contribution in [1.82, 2.24) is 5.43 Å². The van der Waals surface area contributed by atoms with E-state index in [1.807, 2.05) is 0 Å². The zero-order valence-corrected chi connectivity index (χ0v) is 15.4. The van der Waals surface area contributed by atoms with Crippen LogP contribution in [0.4, 0.5) is 5.69 Å². The standard InChI is InChI=1S/C17H12BrN3O6/c1-26-14-7-11(18)4-10(16(14)22)8-19-20-17(23)15-6-9-5-12(21(24)25)2-3-13(9)27-15/h2-8,22H,1H3,(H,20,23)/b19-8+. The van der Waals surface area contributed by atoms with Crippen molar-refractivity contribution in [2.75, 3.05) is 7.11 Å². The number of furan rings is 1. The minimum Gasteiger partial charge on any atom is -0.504 e. The molecule has 0 aliphatic heterocycles. The zero-order valence-electron chi connectivity index (χ0n) is 13.8. The van der Waals surface area contributed by atoms with E-state index in [0.717, 1.165) is 0 Å². The van der Waals surface area contributed by atoms with Gasteiger partial charge in [0.15, 0.2) is 17.3 Å². The number of phenolic OH excluding ortho intramolecular Hbond substituents is 1. The summed E-state index contributed by atoms with van der Waals surface area (Å²) >= 11 is 3.28. The van der Waals surface area contributed by atoms with Crippen LogP contribution in [-0.2, 0) is 0 Å². The van der Waals surface area contributed by atoms with Crippen molar-refractivity contribution in [3.8, 4) is 11.5 Å². The highest BCUT2D eigenvalue weighted by Crippen LogP contribution is 2.32. The molecule has 2 N–H and O–H groups in total. The van der Waals surface area contributed by atoms with Crippen LogP contribution in [0.2, 0.25) is 0 Å². The van der Waals surface area contributed by atoms with E-state index >= 15 is 0 Å². The number of nitrogens with one attached hydrogen (secondary N) is 1. The number of ether oxygens (including phenoxy) is 1. The number of halogens is 1. The molecule has 0 atom stereocenters. The number of rotatable bonds is 5. The molecule has 10 heteroatoms. The topological polar surface area (TPSA) is 127 Å². The van der Waals surface area contributed by atoms with Gasteiger partial charge in [-0.05, 0) is 24.3 Å². The molecule has 2 aromatic carbocycles. The van der Waals surface area contributed by atoms with Gasteiger partial charge in [0.1, 0.15) is 5.58 Å². The third-order valence-corrected chi connectivity index (χ3v) is 4.05. The van der Waals surface area contributed by atoms with Crippen molar-refractivity contribution in [3.05, 3.63) is 62.3 Å². The van der Waals surface area contributed by atoms with E-state index in [9.17, 15) is 20.0 Å². The fraction of sp³-hybridized carbons (Fsp3) is 0.0588. The van der Waals surface area contributed by atoms with Gasteiger partial charge in [-0.3, -0.25) is 14.9 Å². The van der Waals surface area contributed by atoms with Gasteiger partial charge in [0.2, 0.25) is 0 Å². The Balaban J connectivity index is 1.78. The monoisotopic (exact) mass is 433 g/mol. The largest absolute Gasteiger partial charge is 0.504 e. The normalized spacial score (nSPS) is 11.0. The van der Waals surface area contributed by atoms with Gasteiger partial charge in [0, 0.05) is 27.6 Å². The number of phenols is 1. The number of carbonyl (C=O) groups is 1. The number of hydrogen-bond donors (Lipinski definition) is 2. The second-order valence-corrected chi connectivity index (χ2v) is 6.25. The molecule has 1 aromatic heterocycles. The molecule has 0 aliphatic rings. The second kappa shape index (κ2) is 7.46. The quantitative estimate of drug-likeness (QED) is 0.359. The summed E-state index contributed by atoms with van der Waals surface area (Å²) in [7, 11) is 1.41. The summed E-state index contributed by atoms with van der Waals surface area (Å²) in [5.41, 5.74) is 2.82. The second-order valence-electron chi connectivity index (χ2n) is 5.33. The SMILES string of the molecule is COc1cc(Br)cc(/C=N/NC(=O)c2cc3cc([N+](=O)[O-])ccc3o2)c1O. The molecule has 1 heterocycles. The van der Waals surface area contributed by atoms with Crippen molar-refractivity contribution in [1.29, 1.82) is 0 Å². The third kappa shape index (κ3) is 3.90. The molecule has 0 radical (unpaired) electrons. The Bertz CT molecular complexity index is 1080. The number of nitro groups is 1. The van der Waals surface area contributed by atoms with Crippen molar-refractivity contribution >= 4 is 44.7 Å². The maximum absolute atomic E-state index is 12.1. The van der Waals surface area contributed by atoms with Crippen LogP contribution >= 0.6 is 15.9 Å². The number of nitro benzene ring substituents is 1. The molecule has 0 saturated carbocycles. The lowest BCUT2D eigenvalue weighted by atomic mass is 10.2. The maximum Gasteiger partial charge on any atom is 0.307 e. The molecular formula is C17H12BrN3O6. The summed E-state index contributed by atoms with van der Waals surface area (Å²) in [4.78, 5) is 22.4. The molecule has 0 spiro atoms. The van der Waals surface area contributed by atoms with Gasteiger partial charge in [-0.25, -0.2) is 5.43 Å². The van der Waals surface area contributed by atoms with Gasteiger partial charge < -0.3 is 14.3 Å². The van der Waals surface area contributed by atoms with Crippen LogP contribution in [0, 0.1) is 10.1 Å². The number of hydrazone groups is 1. The molecule has 3 aromatic rings. The van der Waals surface area contributed by atoms with E-state index in [-0.39, 0.29) is 22.9 Å². The van der Waals surface area contributed by atoms with E-state index < -0.39 is 10.8 Å². The predicted molar refractivity (Wildman–Crippen MR) is 100 cm³/mol. The van der Waals surface area contributed by atoms with Crippen molar-refractivity contribution in [2.24, 2.45) is 5.10 Å². The average Bonchev–Trinajstić information content (AvgIpc) is 3.07. The van der Waals surface area contributed by atoms with E-state index in [1.165, 1.54) is 37.6 Å². The van der Waals surface area contributed by atoms with Crippen molar-refractivity contribution in [3.63, 3.8) is 0 Å². The number of amides is 1. The van der Waals surface area contributed by atoms with Gasteiger partial charge in [-0.15, -0.1) is 0 Å². The Kier molecular flexibility index (Phi) is 5.08. The lowest BCUT2D eigenvalue weighted by Gasteiger charge is -2.06. The van der Waals surface area contributed by atoms with Gasteiger partial charge in [0.05, 0.1) is 18.2 Å². The lowest BCUT2D eigenvalue weighted by molar-refractivity contribution is -0.384. The van der Waals surface area contributed by atoms with Crippen LogP contribution in [0.1, 0.15) is 16.1 Å². The Morgan fingerprint density at radius 1 is 1.37 bits per heavy atom. The number of fused-ring (bicyclic) bond motifs is 1. The Morgan fingerprint density at radius 2 is 2.15 bits per heavy atom. The summed E-state index contributed by atoms with van der Waals surface area (Å²) in [6, 6.07) is 8.57. The molecule has 138 valence electrons. The third-order valence-electron chi connectivity index (χ3n) is 3.59. The first-order valence-electron chi connectivity index (χ1n) is 7.47. The number of hydrogen-bond acceptors (Lipinski definition) is 7. The molecule has 1 amide bonds. The van der Waals surface area contributed by atoms with Crippen molar-refractivity contribution in [2.45, 2.75) is 0 Å². The molecule has 0 unspecified atom stereocenters. The number of non-ortho nitro benzene ring substituents is 1. The fourth-order valence-corrected chi connectivity index (χ4v) is 2.77. The summed E-state index contributed by atoms with van der Waals surface area (Å²) < 4.78 is 11.0. The predicted octanol–water partition coefficient (Wildman–Crippen LogP) is 3.58. The van der Waals surface area contributed by atoms with E-state index in [2.05, 4.69) is 26.5 Å². The Labute approximate surface area is 160 Å². The smallest absolute Gasteiger partial charge is 0.307 e. The molecule has 0 bridgehead atoms. The van der Waals surface area contributed by atoms with E-state index in [1.54, 1.807) is 12.1 Å². The molecule has 3 rings (SSSR count). The molecule has 0 aliphatic carbocycles. The average molecular weight is 434 g/mol. The van der Waals surface area contributed by atoms with E-state index in [0.29, 0.717) is 21.0 Å². The van der Waals surface area contributed by atoms with Crippen LogP contribution in [0.3, 0.4) is 0 Å². The Morgan fingerprint density at radius 3 is 2.85 bits per heavy atom. The van der Waals surface area contributed by atoms with Gasteiger partial charge in [-0.1, -0.05) is 15.9 Å². The summed E-state index contributed by atoms with van der Waals surface area (Å²) in [6.07, 6.45) is 1.24. The Hall–Kier alpha value is -3.40. The first-order chi connectivity index (χ1) is 12.9. The summed E-state index contributed by atoms with van der Waals surface area (Å²) in [6.45, 7) is 0. The highest BCUT2D eigenvalue weighted by Gasteiger charge is 2.15. The van der Waals surface area contributed by atoms with Gasteiger partial charge in [-0.2, -0.15) is 5.10 Å². The highest BCUT2D eigenvalue weighted by atomic mass is 79.9. The minimum absolute atomic E-state index is 0.0568. The first kappa shape index (κ1) is 18.4. The lowest BCUT2D eigenvalue weighted by Crippen LogP contribution is -2.16. The molecule has 9 nitrogen and oxygen atoms in total. The number of nitrogens with zero attached hydrogens (tertiary/aromatic N) is 2. The number of benzene rings is 2. The molecule has 27 heavy (non-hydrogen) atoms. The number of carbonyl (C=O) groups excluding carboxylic acids is 1. The molecular weight excluding hydrogens is 422 g/mol.